The van der Waals surface area contributed by atoms with Crippen LogP contribution in [0.25, 0.3) is 0 Å². The molecule has 6 nitrogen and oxygen atoms in total. The van der Waals surface area contributed by atoms with Gasteiger partial charge in [-0.15, -0.1) is 6.58 Å². The number of nitrogen functional groups attached to an aromatic ring is 1. The second kappa shape index (κ2) is 9.66. The number of nitrogens with zero attached hydrogens (tertiary/aromatic N) is 3. The predicted octanol–water partition coefficient (Wildman–Crippen LogP) is 5.04. The van der Waals surface area contributed by atoms with Crippen LogP contribution < -0.4 is 15.9 Å². The highest BCUT2D eigenvalue weighted by Crippen LogP contribution is 2.32. The highest BCUT2D eigenvalue weighted by atomic mass is 35.5. The van der Waals surface area contributed by atoms with E-state index in [0.717, 1.165) is 22.6 Å². The van der Waals surface area contributed by atoms with Gasteiger partial charge in [0.15, 0.2) is 5.84 Å². The molecule has 1 aromatic heterocycles. The lowest BCUT2D eigenvalue weighted by atomic mass is 9.93. The quantitative estimate of drug-likeness (QED) is 0.610. The van der Waals surface area contributed by atoms with Gasteiger partial charge in [-0.1, -0.05) is 66.3 Å². The van der Waals surface area contributed by atoms with E-state index >= 15 is 0 Å². The molecule has 2 atom stereocenters. The number of pyridine rings is 1. The van der Waals surface area contributed by atoms with Crippen LogP contribution in [0.2, 0.25) is 0 Å². The molecule has 0 saturated carbocycles. The van der Waals surface area contributed by atoms with Crippen LogP contribution in [0, 0.1) is 5.92 Å². The van der Waals surface area contributed by atoms with Crippen molar-refractivity contribution in [2.24, 2.45) is 16.0 Å². The molecule has 0 fully saturated rings. The van der Waals surface area contributed by atoms with Crippen molar-refractivity contribution in [1.82, 2.24) is 10.4 Å². The predicted molar refractivity (Wildman–Crippen MR) is 132 cm³/mol. The van der Waals surface area contributed by atoms with Gasteiger partial charge >= 0.3 is 0 Å². The summed E-state index contributed by atoms with van der Waals surface area (Å²) in [6.07, 6.45) is 14.0. The minimum absolute atomic E-state index is 0.0186. The molecule has 0 radical (unpaired) electrons. The number of halogens is 1. The molecule has 32 heavy (non-hydrogen) atoms. The summed E-state index contributed by atoms with van der Waals surface area (Å²) in [5.41, 5.74) is 13.2. The molecule has 2 unspecified atom stereocenters. The Morgan fingerprint density at radius 2 is 2.16 bits per heavy atom. The third-order valence-corrected chi connectivity index (χ3v) is 5.72. The standard InChI is InChI=1S/C25H24ClN5O/c1-3-16(18-9-7-8-12-23(18)32-2)13-22-21(27)14-17(15-28-22)29-25-20-11-6-4-5-10-19(20)24(26)30-31-25/h3-12,14-16,19H,1,13,27H2,2H3,(H,29,31). The summed E-state index contributed by atoms with van der Waals surface area (Å²) in [6.45, 7) is 3.99. The number of para-hydroxylation sites is 1. The maximum Gasteiger partial charge on any atom is 0.151 e. The van der Waals surface area contributed by atoms with Crippen LogP contribution >= 0.6 is 11.6 Å². The molecule has 0 amide bonds. The van der Waals surface area contributed by atoms with Crippen LogP contribution in [-0.2, 0) is 6.42 Å². The number of benzene rings is 1. The summed E-state index contributed by atoms with van der Waals surface area (Å²) in [7, 11) is 1.66. The topological polar surface area (TPSA) is 84.9 Å². The number of ether oxygens (including phenoxy) is 1. The second-order valence-corrected chi connectivity index (χ2v) is 7.78. The summed E-state index contributed by atoms with van der Waals surface area (Å²) in [5, 5.41) is 4.65. The van der Waals surface area contributed by atoms with E-state index in [1.54, 1.807) is 13.3 Å². The van der Waals surface area contributed by atoms with Gasteiger partial charge in [0, 0.05) is 23.5 Å². The van der Waals surface area contributed by atoms with Crippen LogP contribution in [0.5, 0.6) is 5.75 Å². The van der Waals surface area contributed by atoms with Crippen molar-refractivity contribution in [2.75, 3.05) is 12.8 Å². The highest BCUT2D eigenvalue weighted by molar-refractivity contribution is 6.67. The van der Waals surface area contributed by atoms with Crippen molar-refractivity contribution in [3.05, 3.63) is 96.4 Å². The lowest BCUT2D eigenvalue weighted by Crippen LogP contribution is -2.32. The molecule has 7 heteroatoms. The van der Waals surface area contributed by atoms with Crippen molar-refractivity contribution in [2.45, 2.75) is 12.3 Å². The molecule has 2 aromatic rings. The Kier molecular flexibility index (Phi) is 6.52. The van der Waals surface area contributed by atoms with E-state index in [1.807, 2.05) is 66.8 Å². The fraction of sp³-hybridized carbons (Fsp3) is 0.160. The Bertz CT molecular complexity index is 1180. The van der Waals surface area contributed by atoms with E-state index in [9.17, 15) is 0 Å². The Morgan fingerprint density at radius 3 is 2.94 bits per heavy atom. The summed E-state index contributed by atoms with van der Waals surface area (Å²) in [5.74, 6) is 1.31. The van der Waals surface area contributed by atoms with E-state index in [0.29, 0.717) is 28.8 Å². The molecule has 0 bridgehead atoms. The lowest BCUT2D eigenvalue weighted by Gasteiger charge is -2.22. The van der Waals surface area contributed by atoms with E-state index in [4.69, 9.17) is 22.1 Å². The maximum atomic E-state index is 6.35. The first-order valence-corrected chi connectivity index (χ1v) is 10.6. The third kappa shape index (κ3) is 4.50. The molecule has 2 heterocycles. The molecule has 0 saturated heterocycles. The lowest BCUT2D eigenvalue weighted by molar-refractivity contribution is 0.407. The number of anilines is 1. The van der Waals surface area contributed by atoms with Crippen LogP contribution in [0.15, 0.2) is 95.2 Å². The average Bonchev–Trinajstić information content (AvgIpc) is 3.08. The van der Waals surface area contributed by atoms with E-state index in [-0.39, 0.29) is 11.8 Å². The number of hydrogen-bond donors (Lipinski definition) is 2. The third-order valence-electron chi connectivity index (χ3n) is 5.40. The Hall–Kier alpha value is -3.64. The molecule has 4 rings (SSSR count). The number of amidine groups is 1. The van der Waals surface area contributed by atoms with Crippen molar-refractivity contribution in [1.29, 1.82) is 0 Å². The first-order chi connectivity index (χ1) is 15.6. The average molecular weight is 446 g/mol. The zero-order valence-electron chi connectivity index (χ0n) is 17.7. The number of nitrogens with one attached hydrogen (secondary N) is 1. The molecule has 162 valence electrons. The number of nitrogens with two attached hydrogens (primary N) is 1. The van der Waals surface area contributed by atoms with Crippen LogP contribution in [0.1, 0.15) is 17.2 Å². The molecule has 1 aliphatic heterocycles. The van der Waals surface area contributed by atoms with E-state index in [2.05, 4.69) is 27.1 Å². The molecule has 1 aliphatic carbocycles. The number of hydrogen-bond acceptors (Lipinski definition) is 5. The summed E-state index contributed by atoms with van der Waals surface area (Å²) >= 11 is 6.27. The summed E-state index contributed by atoms with van der Waals surface area (Å²) in [6, 6.07) is 9.71. The second-order valence-electron chi connectivity index (χ2n) is 7.39. The molecule has 3 N–H and O–H groups in total. The van der Waals surface area contributed by atoms with Gasteiger partial charge in [0.1, 0.15) is 10.9 Å². The number of allylic oxidation sites excluding steroid dienone is 6. The zero-order chi connectivity index (χ0) is 22.5. The number of hydrazone groups is 1. The SMILES string of the molecule is C=CC(Cc1ncc(N=C2NN=C(Cl)C3C=CC=CC=C23)cc1N)c1ccccc1OC. The first-order valence-electron chi connectivity index (χ1n) is 10.2. The Balaban J connectivity index is 1.60. The van der Waals surface area contributed by atoms with Gasteiger partial charge in [0.05, 0.1) is 36.3 Å². The van der Waals surface area contributed by atoms with Gasteiger partial charge in [0.25, 0.3) is 0 Å². The smallest absolute Gasteiger partial charge is 0.151 e. The molecular weight excluding hydrogens is 422 g/mol. The zero-order valence-corrected chi connectivity index (χ0v) is 18.5. The number of fused-ring (bicyclic) bond motifs is 1. The highest BCUT2D eigenvalue weighted by Gasteiger charge is 2.26. The van der Waals surface area contributed by atoms with Crippen LogP contribution in [0.3, 0.4) is 0 Å². The maximum absolute atomic E-state index is 6.35. The van der Waals surface area contributed by atoms with E-state index in [1.165, 1.54) is 0 Å². The Labute approximate surface area is 192 Å². The van der Waals surface area contributed by atoms with Gasteiger partial charge in [0.2, 0.25) is 0 Å². The molecule has 0 spiro atoms. The van der Waals surface area contributed by atoms with Crippen LogP contribution in [-0.4, -0.2) is 23.1 Å². The van der Waals surface area contributed by atoms with Crippen molar-refractivity contribution in [3.63, 3.8) is 0 Å². The van der Waals surface area contributed by atoms with Gasteiger partial charge < -0.3 is 10.5 Å². The van der Waals surface area contributed by atoms with E-state index < -0.39 is 0 Å². The van der Waals surface area contributed by atoms with Gasteiger partial charge in [-0.25, -0.2) is 4.99 Å². The van der Waals surface area contributed by atoms with Crippen LogP contribution in [0.4, 0.5) is 11.4 Å². The number of aromatic nitrogens is 1. The minimum Gasteiger partial charge on any atom is -0.496 e. The molecular formula is C25H24ClN5O. The van der Waals surface area contributed by atoms with Gasteiger partial charge in [-0.2, -0.15) is 5.10 Å². The fourth-order valence-corrected chi connectivity index (χ4v) is 3.96. The molecule has 1 aromatic carbocycles. The van der Waals surface area contributed by atoms with Crippen molar-refractivity contribution in [3.8, 4) is 5.75 Å². The fourth-order valence-electron chi connectivity index (χ4n) is 3.73. The Morgan fingerprint density at radius 1 is 1.31 bits per heavy atom. The minimum atomic E-state index is -0.134. The van der Waals surface area contributed by atoms with Gasteiger partial charge in [-0.05, 0) is 12.1 Å². The van der Waals surface area contributed by atoms with Gasteiger partial charge in [-0.3, -0.25) is 10.4 Å². The largest absolute Gasteiger partial charge is 0.496 e. The summed E-state index contributed by atoms with van der Waals surface area (Å²) < 4.78 is 5.50. The monoisotopic (exact) mass is 445 g/mol. The van der Waals surface area contributed by atoms with Crippen molar-refractivity contribution < 1.29 is 4.74 Å². The molecule has 2 aliphatic rings. The number of aliphatic imine (C=N–C) groups is 1. The number of rotatable bonds is 6. The normalized spacial score (nSPS) is 19.3. The number of methoxy groups -OCH3 is 1. The summed E-state index contributed by atoms with van der Waals surface area (Å²) in [4.78, 5) is 9.28. The van der Waals surface area contributed by atoms with Crippen molar-refractivity contribution >= 4 is 34.0 Å². The first kappa shape index (κ1) is 21.6.